The van der Waals surface area contributed by atoms with Gasteiger partial charge in [-0.05, 0) is 19.3 Å². The molecule has 0 amide bonds. The van der Waals surface area contributed by atoms with Crippen LogP contribution in [0.3, 0.4) is 0 Å². The van der Waals surface area contributed by atoms with Gasteiger partial charge in [-0.25, -0.2) is 9.97 Å². The molecule has 20 heavy (non-hydrogen) atoms. The van der Waals surface area contributed by atoms with Crippen LogP contribution >= 0.6 is 0 Å². The van der Waals surface area contributed by atoms with Crippen molar-refractivity contribution in [3.05, 3.63) is 11.9 Å². The number of aliphatic hydroxyl groups is 1. The zero-order chi connectivity index (χ0) is 14.5. The highest BCUT2D eigenvalue weighted by molar-refractivity contribution is 5.50. The maximum absolute atomic E-state index is 9.62. The molecule has 0 bridgehead atoms. The van der Waals surface area contributed by atoms with Crippen LogP contribution in [0.2, 0.25) is 0 Å². The van der Waals surface area contributed by atoms with E-state index in [4.69, 9.17) is 0 Å². The van der Waals surface area contributed by atoms with Crippen LogP contribution < -0.4 is 10.2 Å². The third-order valence-corrected chi connectivity index (χ3v) is 3.59. The summed E-state index contributed by atoms with van der Waals surface area (Å²) in [5.41, 5.74) is 0. The van der Waals surface area contributed by atoms with Gasteiger partial charge in [0.2, 0.25) is 0 Å². The number of nitrogens with zero attached hydrogens (tertiary/aromatic N) is 3. The molecule has 1 aliphatic heterocycles. The molecule has 1 aromatic heterocycles. The number of aliphatic hydroxyl groups excluding tert-OH is 1. The van der Waals surface area contributed by atoms with Crippen molar-refractivity contribution in [3.63, 3.8) is 0 Å². The zero-order valence-corrected chi connectivity index (χ0v) is 12.8. The highest BCUT2D eigenvalue weighted by Crippen LogP contribution is 2.23. The second kappa shape index (κ2) is 6.88. The van der Waals surface area contributed by atoms with Gasteiger partial charge >= 0.3 is 0 Å². The smallest absolute Gasteiger partial charge is 0.135 e. The van der Waals surface area contributed by atoms with Gasteiger partial charge in [0.05, 0.1) is 6.10 Å². The maximum atomic E-state index is 9.62. The number of anilines is 2. The Kier molecular flexibility index (Phi) is 5.17. The molecule has 0 spiro atoms. The zero-order valence-electron chi connectivity index (χ0n) is 12.8. The SMILES string of the molecule is CCCNc1cc(N2CCC(O)CC2)nc(C(C)C)n1. The van der Waals surface area contributed by atoms with E-state index in [1.807, 2.05) is 6.07 Å². The first kappa shape index (κ1) is 15.0. The fourth-order valence-corrected chi connectivity index (χ4v) is 2.31. The Morgan fingerprint density at radius 2 is 2.05 bits per heavy atom. The Balaban J connectivity index is 2.19. The third kappa shape index (κ3) is 3.82. The van der Waals surface area contributed by atoms with Gasteiger partial charge in [0.25, 0.3) is 0 Å². The number of hydrogen-bond donors (Lipinski definition) is 2. The van der Waals surface area contributed by atoms with Crippen molar-refractivity contribution in [2.75, 3.05) is 29.9 Å². The maximum Gasteiger partial charge on any atom is 0.135 e. The minimum Gasteiger partial charge on any atom is -0.393 e. The summed E-state index contributed by atoms with van der Waals surface area (Å²) >= 11 is 0. The molecule has 1 aromatic rings. The summed E-state index contributed by atoms with van der Waals surface area (Å²) in [6.07, 6.45) is 2.55. The lowest BCUT2D eigenvalue weighted by atomic mass is 10.1. The molecular weight excluding hydrogens is 252 g/mol. The molecular formula is C15H26N4O. The van der Waals surface area contributed by atoms with Crippen molar-refractivity contribution in [2.45, 2.75) is 52.1 Å². The van der Waals surface area contributed by atoms with E-state index in [9.17, 15) is 5.11 Å². The van der Waals surface area contributed by atoms with Gasteiger partial charge in [-0.2, -0.15) is 0 Å². The predicted molar refractivity (Wildman–Crippen MR) is 82.4 cm³/mol. The average Bonchev–Trinajstić information content (AvgIpc) is 2.45. The number of nitrogens with one attached hydrogen (secondary N) is 1. The fourth-order valence-electron chi connectivity index (χ4n) is 2.31. The molecule has 1 aliphatic rings. The van der Waals surface area contributed by atoms with E-state index in [1.165, 1.54) is 0 Å². The van der Waals surface area contributed by atoms with E-state index in [-0.39, 0.29) is 6.10 Å². The quantitative estimate of drug-likeness (QED) is 0.866. The van der Waals surface area contributed by atoms with E-state index in [1.54, 1.807) is 0 Å². The molecule has 5 nitrogen and oxygen atoms in total. The van der Waals surface area contributed by atoms with Gasteiger partial charge in [0, 0.05) is 31.6 Å². The molecule has 2 rings (SSSR count). The fraction of sp³-hybridized carbons (Fsp3) is 0.733. The summed E-state index contributed by atoms with van der Waals surface area (Å²) in [4.78, 5) is 11.5. The molecule has 0 saturated carbocycles. The van der Waals surface area contributed by atoms with E-state index in [2.05, 4.69) is 41.0 Å². The van der Waals surface area contributed by atoms with Crippen LogP contribution in [-0.4, -0.2) is 40.8 Å². The predicted octanol–water partition coefficient (Wildman–Crippen LogP) is 2.38. The lowest BCUT2D eigenvalue weighted by Crippen LogP contribution is -2.36. The molecule has 0 aromatic carbocycles. The largest absolute Gasteiger partial charge is 0.393 e. The van der Waals surface area contributed by atoms with Gasteiger partial charge in [0.1, 0.15) is 17.5 Å². The van der Waals surface area contributed by atoms with Crippen LogP contribution in [0.4, 0.5) is 11.6 Å². The van der Waals surface area contributed by atoms with Gasteiger partial charge in [0.15, 0.2) is 0 Å². The highest BCUT2D eigenvalue weighted by atomic mass is 16.3. The summed E-state index contributed by atoms with van der Waals surface area (Å²) in [6, 6.07) is 2.03. The van der Waals surface area contributed by atoms with Crippen LogP contribution in [-0.2, 0) is 0 Å². The summed E-state index contributed by atoms with van der Waals surface area (Å²) in [5, 5.41) is 13.0. The van der Waals surface area contributed by atoms with Crippen molar-refractivity contribution < 1.29 is 5.11 Å². The van der Waals surface area contributed by atoms with E-state index < -0.39 is 0 Å². The second-order valence-electron chi connectivity index (χ2n) is 5.77. The molecule has 0 unspecified atom stereocenters. The van der Waals surface area contributed by atoms with Gasteiger partial charge < -0.3 is 15.3 Å². The van der Waals surface area contributed by atoms with Crippen molar-refractivity contribution >= 4 is 11.6 Å². The summed E-state index contributed by atoms with van der Waals surface area (Å²) < 4.78 is 0. The van der Waals surface area contributed by atoms with Crippen LogP contribution in [0.25, 0.3) is 0 Å². The topological polar surface area (TPSA) is 61.3 Å². The van der Waals surface area contributed by atoms with Crippen molar-refractivity contribution in [1.29, 1.82) is 0 Å². The Morgan fingerprint density at radius 1 is 1.35 bits per heavy atom. The third-order valence-electron chi connectivity index (χ3n) is 3.59. The van der Waals surface area contributed by atoms with Gasteiger partial charge in [-0.3, -0.25) is 0 Å². The Bertz CT molecular complexity index is 428. The molecule has 112 valence electrons. The van der Waals surface area contributed by atoms with Gasteiger partial charge in [-0.1, -0.05) is 20.8 Å². The van der Waals surface area contributed by atoms with E-state index in [0.717, 1.165) is 56.4 Å². The minimum atomic E-state index is -0.157. The number of rotatable bonds is 5. The molecule has 5 heteroatoms. The van der Waals surface area contributed by atoms with Crippen molar-refractivity contribution in [3.8, 4) is 0 Å². The summed E-state index contributed by atoms with van der Waals surface area (Å²) in [7, 11) is 0. The number of aromatic nitrogens is 2. The van der Waals surface area contributed by atoms with E-state index in [0.29, 0.717) is 5.92 Å². The molecule has 0 aliphatic carbocycles. The highest BCUT2D eigenvalue weighted by Gasteiger charge is 2.19. The first-order valence-corrected chi connectivity index (χ1v) is 7.66. The number of hydrogen-bond acceptors (Lipinski definition) is 5. The Labute approximate surface area is 121 Å². The molecule has 0 atom stereocenters. The molecule has 1 fully saturated rings. The standard InChI is InChI=1S/C15H26N4O/c1-4-7-16-13-10-14(18-15(17-13)11(2)3)19-8-5-12(20)6-9-19/h10-12,20H,4-9H2,1-3H3,(H,16,17,18). The minimum absolute atomic E-state index is 0.157. The first-order valence-electron chi connectivity index (χ1n) is 7.66. The summed E-state index contributed by atoms with van der Waals surface area (Å²) in [6.45, 7) is 9.02. The van der Waals surface area contributed by atoms with Crippen molar-refractivity contribution in [1.82, 2.24) is 9.97 Å². The molecule has 0 radical (unpaired) electrons. The van der Waals surface area contributed by atoms with Crippen molar-refractivity contribution in [2.24, 2.45) is 0 Å². The first-order chi connectivity index (χ1) is 9.60. The van der Waals surface area contributed by atoms with E-state index >= 15 is 0 Å². The molecule has 2 heterocycles. The van der Waals surface area contributed by atoms with Crippen LogP contribution in [0.1, 0.15) is 51.8 Å². The Hall–Kier alpha value is -1.36. The summed E-state index contributed by atoms with van der Waals surface area (Å²) in [5.74, 6) is 3.08. The normalized spacial score (nSPS) is 16.8. The number of piperidine rings is 1. The second-order valence-corrected chi connectivity index (χ2v) is 5.77. The average molecular weight is 278 g/mol. The lowest BCUT2D eigenvalue weighted by Gasteiger charge is -2.31. The molecule has 1 saturated heterocycles. The van der Waals surface area contributed by atoms with Gasteiger partial charge in [-0.15, -0.1) is 0 Å². The molecule has 2 N–H and O–H groups in total. The monoisotopic (exact) mass is 278 g/mol. The Morgan fingerprint density at radius 3 is 2.65 bits per heavy atom. The van der Waals surface area contributed by atoms with Crippen LogP contribution in [0.15, 0.2) is 6.07 Å². The van der Waals surface area contributed by atoms with Crippen LogP contribution in [0.5, 0.6) is 0 Å². The van der Waals surface area contributed by atoms with Crippen LogP contribution in [0, 0.1) is 0 Å². The lowest BCUT2D eigenvalue weighted by molar-refractivity contribution is 0.145.